The van der Waals surface area contributed by atoms with Crippen molar-refractivity contribution in [3.8, 4) is 0 Å². The summed E-state index contributed by atoms with van der Waals surface area (Å²) in [5.41, 5.74) is 2.94. The van der Waals surface area contributed by atoms with Crippen LogP contribution in [0.3, 0.4) is 0 Å². The van der Waals surface area contributed by atoms with Crippen LogP contribution in [0.5, 0.6) is 0 Å². The highest BCUT2D eigenvalue weighted by Gasteiger charge is 2.28. The molecule has 0 amide bonds. The van der Waals surface area contributed by atoms with Crippen LogP contribution in [0.15, 0.2) is 12.4 Å². The number of nitrogens with one attached hydrogen (secondary N) is 1. The molecule has 1 fully saturated rings. The monoisotopic (exact) mass is 208 g/mol. The van der Waals surface area contributed by atoms with Gasteiger partial charge in [0.25, 0.3) is 0 Å². The molecule has 0 bridgehead atoms. The van der Waals surface area contributed by atoms with E-state index in [4.69, 9.17) is 5.84 Å². The second-order valence-corrected chi connectivity index (χ2v) is 4.26. The first-order chi connectivity index (χ1) is 7.36. The number of hydrogen-bond donors (Lipinski definition) is 2. The van der Waals surface area contributed by atoms with E-state index in [9.17, 15) is 0 Å². The van der Waals surface area contributed by atoms with Crippen molar-refractivity contribution in [1.29, 1.82) is 0 Å². The number of nitrogens with zero attached hydrogens (tertiary/aromatic N) is 2. The molecule has 1 atom stereocenters. The van der Waals surface area contributed by atoms with Crippen molar-refractivity contribution in [3.63, 3.8) is 0 Å². The highest BCUT2D eigenvalue weighted by atomic mass is 15.3. The Morgan fingerprint density at radius 3 is 2.93 bits per heavy atom. The number of hydrazine groups is 1. The van der Waals surface area contributed by atoms with E-state index in [1.54, 1.807) is 0 Å². The summed E-state index contributed by atoms with van der Waals surface area (Å²) >= 11 is 0. The SMILES string of the molecule is CCn1ccnc1C(NN)C1CCCC1. The molecule has 0 saturated heterocycles. The second-order valence-electron chi connectivity index (χ2n) is 4.26. The van der Waals surface area contributed by atoms with Crippen molar-refractivity contribution in [3.05, 3.63) is 18.2 Å². The number of aromatic nitrogens is 2. The van der Waals surface area contributed by atoms with Crippen LogP contribution in [0.25, 0.3) is 0 Å². The first kappa shape index (κ1) is 10.6. The van der Waals surface area contributed by atoms with Crippen molar-refractivity contribution in [1.82, 2.24) is 15.0 Å². The van der Waals surface area contributed by atoms with E-state index < -0.39 is 0 Å². The lowest BCUT2D eigenvalue weighted by Gasteiger charge is -2.22. The van der Waals surface area contributed by atoms with E-state index in [0.29, 0.717) is 5.92 Å². The van der Waals surface area contributed by atoms with Crippen LogP contribution in [0.1, 0.15) is 44.5 Å². The average Bonchev–Trinajstić information content (AvgIpc) is 2.89. The van der Waals surface area contributed by atoms with Crippen LogP contribution in [-0.4, -0.2) is 9.55 Å². The fourth-order valence-corrected chi connectivity index (χ4v) is 2.58. The number of nitrogens with two attached hydrogens (primary N) is 1. The maximum atomic E-state index is 5.66. The Morgan fingerprint density at radius 1 is 1.60 bits per heavy atom. The standard InChI is InChI=1S/C11H20N4/c1-2-15-8-7-13-11(15)10(14-12)9-5-3-4-6-9/h7-10,14H,2-6,12H2,1H3. The van der Waals surface area contributed by atoms with Gasteiger partial charge < -0.3 is 4.57 Å². The van der Waals surface area contributed by atoms with E-state index in [-0.39, 0.29) is 6.04 Å². The van der Waals surface area contributed by atoms with Crippen LogP contribution in [0.4, 0.5) is 0 Å². The summed E-state index contributed by atoms with van der Waals surface area (Å²) in [7, 11) is 0. The summed E-state index contributed by atoms with van der Waals surface area (Å²) in [5.74, 6) is 7.41. The molecule has 2 rings (SSSR count). The Morgan fingerprint density at radius 2 is 2.33 bits per heavy atom. The molecule has 4 nitrogen and oxygen atoms in total. The van der Waals surface area contributed by atoms with E-state index in [1.165, 1.54) is 25.7 Å². The summed E-state index contributed by atoms with van der Waals surface area (Å²) in [6.45, 7) is 3.09. The van der Waals surface area contributed by atoms with Gasteiger partial charge in [-0.3, -0.25) is 5.84 Å². The molecule has 1 heterocycles. The Kier molecular flexibility index (Phi) is 3.38. The van der Waals surface area contributed by atoms with Gasteiger partial charge in [0.15, 0.2) is 0 Å². The zero-order valence-corrected chi connectivity index (χ0v) is 9.32. The van der Waals surface area contributed by atoms with Crippen LogP contribution >= 0.6 is 0 Å². The molecule has 1 aromatic rings. The van der Waals surface area contributed by atoms with Gasteiger partial charge in [-0.05, 0) is 25.7 Å². The van der Waals surface area contributed by atoms with Crippen LogP contribution in [0.2, 0.25) is 0 Å². The molecule has 3 N–H and O–H groups in total. The quantitative estimate of drug-likeness (QED) is 0.583. The second kappa shape index (κ2) is 4.77. The number of aryl methyl sites for hydroxylation is 1. The molecule has 0 aromatic carbocycles. The highest BCUT2D eigenvalue weighted by Crippen LogP contribution is 2.34. The normalized spacial score (nSPS) is 19.6. The fraction of sp³-hybridized carbons (Fsp3) is 0.727. The van der Waals surface area contributed by atoms with Crippen LogP contribution < -0.4 is 11.3 Å². The molecular weight excluding hydrogens is 188 g/mol. The molecule has 0 radical (unpaired) electrons. The number of imidazole rings is 1. The first-order valence-corrected chi connectivity index (χ1v) is 5.84. The fourth-order valence-electron chi connectivity index (χ4n) is 2.58. The minimum Gasteiger partial charge on any atom is -0.334 e. The smallest absolute Gasteiger partial charge is 0.127 e. The molecule has 1 aliphatic rings. The maximum absolute atomic E-state index is 5.66. The largest absolute Gasteiger partial charge is 0.334 e. The van der Waals surface area contributed by atoms with Crippen molar-refractivity contribution < 1.29 is 0 Å². The van der Waals surface area contributed by atoms with Crippen molar-refractivity contribution >= 4 is 0 Å². The van der Waals surface area contributed by atoms with Crippen molar-refractivity contribution in [2.45, 2.75) is 45.2 Å². The van der Waals surface area contributed by atoms with Gasteiger partial charge in [0.2, 0.25) is 0 Å². The van der Waals surface area contributed by atoms with E-state index >= 15 is 0 Å². The van der Waals surface area contributed by atoms with Gasteiger partial charge in [-0.25, -0.2) is 10.4 Å². The van der Waals surface area contributed by atoms with Gasteiger partial charge >= 0.3 is 0 Å². The van der Waals surface area contributed by atoms with E-state index in [1.807, 2.05) is 12.4 Å². The average molecular weight is 208 g/mol. The molecule has 1 aromatic heterocycles. The summed E-state index contributed by atoms with van der Waals surface area (Å²) in [6.07, 6.45) is 9.08. The molecule has 4 heteroatoms. The molecule has 84 valence electrons. The lowest BCUT2D eigenvalue weighted by molar-refractivity contribution is 0.348. The minimum atomic E-state index is 0.224. The van der Waals surface area contributed by atoms with Gasteiger partial charge in [-0.2, -0.15) is 0 Å². The molecule has 1 unspecified atom stereocenters. The summed E-state index contributed by atoms with van der Waals surface area (Å²) in [5, 5.41) is 0. The van der Waals surface area contributed by atoms with Gasteiger partial charge in [-0.15, -0.1) is 0 Å². The summed E-state index contributed by atoms with van der Waals surface area (Å²) in [6, 6.07) is 0.224. The Bertz CT molecular complexity index is 301. The molecule has 1 aliphatic carbocycles. The first-order valence-electron chi connectivity index (χ1n) is 5.84. The van der Waals surface area contributed by atoms with Crippen LogP contribution in [-0.2, 0) is 6.54 Å². The summed E-state index contributed by atoms with van der Waals surface area (Å²) < 4.78 is 2.17. The van der Waals surface area contributed by atoms with Gasteiger partial charge in [0.05, 0.1) is 6.04 Å². The third-order valence-electron chi connectivity index (χ3n) is 3.42. The highest BCUT2D eigenvalue weighted by molar-refractivity contribution is 5.02. The molecule has 0 aliphatic heterocycles. The number of rotatable bonds is 4. The maximum Gasteiger partial charge on any atom is 0.127 e. The van der Waals surface area contributed by atoms with E-state index in [2.05, 4.69) is 21.9 Å². The Hall–Kier alpha value is -0.870. The van der Waals surface area contributed by atoms with Crippen molar-refractivity contribution in [2.24, 2.45) is 11.8 Å². The van der Waals surface area contributed by atoms with Crippen molar-refractivity contribution in [2.75, 3.05) is 0 Å². The van der Waals surface area contributed by atoms with Gasteiger partial charge in [-0.1, -0.05) is 12.8 Å². The molecular formula is C11H20N4. The lowest BCUT2D eigenvalue weighted by Crippen LogP contribution is -2.34. The molecule has 1 saturated carbocycles. The van der Waals surface area contributed by atoms with Crippen LogP contribution in [0, 0.1) is 5.92 Å². The molecule has 15 heavy (non-hydrogen) atoms. The van der Waals surface area contributed by atoms with Gasteiger partial charge in [0, 0.05) is 18.9 Å². The third-order valence-corrected chi connectivity index (χ3v) is 3.42. The van der Waals surface area contributed by atoms with Gasteiger partial charge in [0.1, 0.15) is 5.82 Å². The van der Waals surface area contributed by atoms with E-state index in [0.717, 1.165) is 12.4 Å². The third kappa shape index (κ3) is 2.06. The minimum absolute atomic E-state index is 0.224. The topological polar surface area (TPSA) is 55.9 Å². The molecule has 0 spiro atoms. The Labute approximate surface area is 90.8 Å². The lowest BCUT2D eigenvalue weighted by atomic mass is 9.98. The summed E-state index contributed by atoms with van der Waals surface area (Å²) in [4.78, 5) is 4.42. The predicted molar refractivity (Wildman–Crippen MR) is 59.9 cm³/mol. The zero-order valence-electron chi connectivity index (χ0n) is 9.32. The number of hydrogen-bond acceptors (Lipinski definition) is 3. The Balaban J connectivity index is 2.17. The predicted octanol–water partition coefficient (Wildman–Crippen LogP) is 1.60. The zero-order chi connectivity index (χ0) is 10.7.